The molecule has 0 bridgehead atoms. The van der Waals surface area contributed by atoms with Crippen molar-refractivity contribution in [2.45, 2.75) is 26.7 Å². The molecule has 2 rings (SSSR count). The van der Waals surface area contributed by atoms with E-state index in [0.717, 1.165) is 5.56 Å². The normalized spacial score (nSPS) is 11.2. The molecule has 5 nitrogen and oxygen atoms in total. The Balaban J connectivity index is 2.78. The van der Waals surface area contributed by atoms with E-state index >= 15 is 0 Å². The number of hydrogen-bond acceptors (Lipinski definition) is 3. The third kappa shape index (κ3) is 1.64. The van der Waals surface area contributed by atoms with Gasteiger partial charge < -0.3 is 5.11 Å². The summed E-state index contributed by atoms with van der Waals surface area (Å²) in [5.74, 6) is -0.152. The van der Waals surface area contributed by atoms with Crippen molar-refractivity contribution in [3.8, 4) is 0 Å². The van der Waals surface area contributed by atoms with E-state index in [2.05, 4.69) is 10.1 Å². The van der Waals surface area contributed by atoms with Crippen LogP contribution in [0.25, 0.3) is 5.65 Å². The van der Waals surface area contributed by atoms with Crippen LogP contribution in [0.2, 0.25) is 0 Å². The molecule has 2 heterocycles. The van der Waals surface area contributed by atoms with Crippen molar-refractivity contribution in [1.29, 1.82) is 0 Å². The summed E-state index contributed by atoms with van der Waals surface area (Å²) in [6.45, 7) is 5.77. The van der Waals surface area contributed by atoms with Crippen molar-refractivity contribution in [3.63, 3.8) is 0 Å². The Morgan fingerprint density at radius 2 is 2.12 bits per heavy atom. The van der Waals surface area contributed by atoms with Gasteiger partial charge in [-0.1, -0.05) is 13.8 Å². The fraction of sp³-hybridized carbons (Fsp3) is 0.364. The first-order valence-corrected chi connectivity index (χ1v) is 5.09. The number of aromatic nitrogens is 3. The molecule has 16 heavy (non-hydrogen) atoms. The van der Waals surface area contributed by atoms with E-state index in [-0.39, 0.29) is 11.6 Å². The van der Waals surface area contributed by atoms with Gasteiger partial charge in [0.2, 0.25) is 0 Å². The maximum absolute atomic E-state index is 11.1. The highest BCUT2D eigenvalue weighted by atomic mass is 16.4. The van der Waals surface area contributed by atoms with Crippen LogP contribution in [-0.4, -0.2) is 25.7 Å². The SMILES string of the molecule is Cc1nc2cc(C(C)C)cc(C(=O)O)n2n1. The van der Waals surface area contributed by atoms with Gasteiger partial charge in [0.15, 0.2) is 11.3 Å². The topological polar surface area (TPSA) is 67.5 Å². The van der Waals surface area contributed by atoms with E-state index in [9.17, 15) is 4.79 Å². The van der Waals surface area contributed by atoms with Crippen molar-refractivity contribution in [2.24, 2.45) is 0 Å². The van der Waals surface area contributed by atoms with E-state index in [1.807, 2.05) is 19.9 Å². The molecule has 0 aliphatic rings. The molecular formula is C11H13N3O2. The van der Waals surface area contributed by atoms with Crippen molar-refractivity contribution >= 4 is 11.6 Å². The number of carboxylic acids is 1. The summed E-state index contributed by atoms with van der Waals surface area (Å²) in [6.07, 6.45) is 0. The molecule has 84 valence electrons. The van der Waals surface area contributed by atoms with Crippen molar-refractivity contribution in [1.82, 2.24) is 14.6 Å². The Morgan fingerprint density at radius 1 is 1.44 bits per heavy atom. The molecule has 0 radical (unpaired) electrons. The van der Waals surface area contributed by atoms with E-state index in [1.165, 1.54) is 4.52 Å². The summed E-state index contributed by atoms with van der Waals surface area (Å²) in [5.41, 5.74) is 1.69. The van der Waals surface area contributed by atoms with Gasteiger partial charge in [0.25, 0.3) is 0 Å². The van der Waals surface area contributed by atoms with Gasteiger partial charge in [0.1, 0.15) is 5.82 Å². The minimum absolute atomic E-state index is 0.154. The van der Waals surface area contributed by atoms with Gasteiger partial charge in [0.05, 0.1) is 0 Å². The summed E-state index contributed by atoms with van der Waals surface area (Å²) >= 11 is 0. The van der Waals surface area contributed by atoms with E-state index in [4.69, 9.17) is 5.11 Å². The smallest absolute Gasteiger partial charge is 0.354 e. The molecule has 2 aromatic rings. The Labute approximate surface area is 92.7 Å². The molecular weight excluding hydrogens is 206 g/mol. The van der Waals surface area contributed by atoms with Gasteiger partial charge >= 0.3 is 5.97 Å². The third-order valence-electron chi connectivity index (χ3n) is 2.45. The first kappa shape index (κ1) is 10.6. The monoisotopic (exact) mass is 219 g/mol. The zero-order valence-electron chi connectivity index (χ0n) is 9.43. The van der Waals surface area contributed by atoms with E-state index in [0.29, 0.717) is 11.5 Å². The molecule has 1 N–H and O–H groups in total. The summed E-state index contributed by atoms with van der Waals surface area (Å²) in [7, 11) is 0. The number of aryl methyl sites for hydroxylation is 1. The summed E-state index contributed by atoms with van der Waals surface area (Å²) in [5, 5.41) is 13.2. The lowest BCUT2D eigenvalue weighted by atomic mass is 10.0. The van der Waals surface area contributed by atoms with Crippen LogP contribution in [-0.2, 0) is 0 Å². The van der Waals surface area contributed by atoms with Gasteiger partial charge in [-0.05, 0) is 30.5 Å². The molecule has 0 aliphatic carbocycles. The highest BCUT2D eigenvalue weighted by Gasteiger charge is 2.14. The van der Waals surface area contributed by atoms with Crippen LogP contribution in [0.5, 0.6) is 0 Å². The molecule has 0 fully saturated rings. The molecule has 0 saturated carbocycles. The standard InChI is InChI=1S/C11H13N3O2/c1-6(2)8-4-9(11(15)16)14-10(5-8)12-7(3)13-14/h4-6H,1-3H3,(H,15,16). The maximum Gasteiger partial charge on any atom is 0.354 e. The number of hydrogen-bond donors (Lipinski definition) is 1. The molecule has 5 heteroatoms. The lowest BCUT2D eigenvalue weighted by Gasteiger charge is -2.07. The van der Waals surface area contributed by atoms with Gasteiger partial charge in [-0.2, -0.15) is 5.10 Å². The number of aromatic carboxylic acids is 1. The maximum atomic E-state index is 11.1. The van der Waals surface area contributed by atoms with Crippen molar-refractivity contribution < 1.29 is 9.90 Å². The number of rotatable bonds is 2. The Kier molecular flexibility index (Phi) is 2.38. The minimum atomic E-state index is -0.989. The summed E-state index contributed by atoms with van der Waals surface area (Å²) < 4.78 is 1.36. The molecule has 0 unspecified atom stereocenters. The third-order valence-corrected chi connectivity index (χ3v) is 2.45. The first-order valence-electron chi connectivity index (χ1n) is 5.09. The zero-order valence-corrected chi connectivity index (χ0v) is 9.43. The first-order chi connectivity index (χ1) is 7.49. The molecule has 0 aromatic carbocycles. The van der Waals surface area contributed by atoms with Crippen LogP contribution >= 0.6 is 0 Å². The fourth-order valence-corrected chi connectivity index (χ4v) is 1.60. The second-order valence-electron chi connectivity index (χ2n) is 4.06. The van der Waals surface area contributed by atoms with Gasteiger partial charge in [-0.3, -0.25) is 0 Å². The molecule has 0 saturated heterocycles. The van der Waals surface area contributed by atoms with Gasteiger partial charge in [-0.15, -0.1) is 0 Å². The van der Waals surface area contributed by atoms with Gasteiger partial charge in [-0.25, -0.2) is 14.3 Å². The molecule has 2 aromatic heterocycles. The van der Waals surface area contributed by atoms with Crippen LogP contribution in [0.15, 0.2) is 12.1 Å². The van der Waals surface area contributed by atoms with Crippen LogP contribution in [0.3, 0.4) is 0 Å². The Bertz CT molecular complexity index is 558. The van der Waals surface area contributed by atoms with Crippen LogP contribution in [0.1, 0.15) is 41.6 Å². The van der Waals surface area contributed by atoms with Crippen molar-refractivity contribution in [3.05, 3.63) is 29.2 Å². The number of carboxylic acid groups (broad SMARTS) is 1. The number of carbonyl (C=O) groups is 1. The van der Waals surface area contributed by atoms with Crippen LogP contribution < -0.4 is 0 Å². The lowest BCUT2D eigenvalue weighted by molar-refractivity contribution is 0.0687. The van der Waals surface area contributed by atoms with E-state index in [1.54, 1.807) is 13.0 Å². The lowest BCUT2D eigenvalue weighted by Crippen LogP contribution is -2.08. The summed E-state index contributed by atoms with van der Waals surface area (Å²) in [6, 6.07) is 3.52. The number of pyridine rings is 1. The van der Waals surface area contributed by atoms with Crippen LogP contribution in [0.4, 0.5) is 0 Å². The minimum Gasteiger partial charge on any atom is -0.477 e. The predicted octanol–water partition coefficient (Wildman–Crippen LogP) is 1.86. The zero-order chi connectivity index (χ0) is 11.9. The number of nitrogens with zero attached hydrogens (tertiary/aromatic N) is 3. The average molecular weight is 219 g/mol. The molecule has 0 atom stereocenters. The Morgan fingerprint density at radius 3 is 2.69 bits per heavy atom. The Hall–Kier alpha value is -1.91. The summed E-state index contributed by atoms with van der Waals surface area (Å²) in [4.78, 5) is 15.3. The van der Waals surface area contributed by atoms with Crippen LogP contribution in [0, 0.1) is 6.92 Å². The van der Waals surface area contributed by atoms with Gasteiger partial charge in [0, 0.05) is 0 Å². The highest BCUT2D eigenvalue weighted by molar-refractivity contribution is 5.86. The average Bonchev–Trinajstić information content (AvgIpc) is 2.55. The highest BCUT2D eigenvalue weighted by Crippen LogP contribution is 2.18. The fourth-order valence-electron chi connectivity index (χ4n) is 1.60. The quantitative estimate of drug-likeness (QED) is 0.837. The second kappa shape index (κ2) is 3.59. The van der Waals surface area contributed by atoms with E-state index < -0.39 is 5.97 Å². The number of fused-ring (bicyclic) bond motifs is 1. The predicted molar refractivity (Wildman–Crippen MR) is 58.8 cm³/mol. The van der Waals surface area contributed by atoms with Crippen molar-refractivity contribution in [2.75, 3.05) is 0 Å². The molecule has 0 amide bonds. The largest absolute Gasteiger partial charge is 0.477 e. The molecule has 0 aliphatic heterocycles. The molecule has 0 spiro atoms. The second-order valence-corrected chi connectivity index (χ2v) is 4.06.